The topological polar surface area (TPSA) is 129 Å². The largest absolute Gasteiger partial charge is 0.508 e. The SMILES string of the molecule is CC(=O)OC[C@H]1O[C@H](c2cccc(O)c2)[C@@H](OC(C)=O)C(OC(C)=O)[C@@H]1O. The van der Waals surface area contributed by atoms with Crippen molar-refractivity contribution in [1.82, 2.24) is 0 Å². The molecule has 0 radical (unpaired) electrons. The van der Waals surface area contributed by atoms with Gasteiger partial charge in [-0.1, -0.05) is 12.1 Å². The Kier molecular flexibility index (Phi) is 6.75. The highest BCUT2D eigenvalue weighted by atomic mass is 16.6. The van der Waals surface area contributed by atoms with Gasteiger partial charge < -0.3 is 29.2 Å². The molecule has 2 rings (SSSR count). The lowest BCUT2D eigenvalue weighted by Crippen LogP contribution is -2.58. The van der Waals surface area contributed by atoms with Crippen molar-refractivity contribution in [3.8, 4) is 5.75 Å². The van der Waals surface area contributed by atoms with E-state index in [2.05, 4.69) is 0 Å². The van der Waals surface area contributed by atoms with Crippen LogP contribution in [0.4, 0.5) is 0 Å². The van der Waals surface area contributed by atoms with Crippen molar-refractivity contribution >= 4 is 17.9 Å². The van der Waals surface area contributed by atoms with E-state index in [0.717, 1.165) is 6.92 Å². The van der Waals surface area contributed by atoms with Gasteiger partial charge in [-0.3, -0.25) is 14.4 Å². The number of carbonyl (C=O) groups excluding carboxylic acids is 3. The third-order valence-electron chi connectivity index (χ3n) is 3.91. The Labute approximate surface area is 155 Å². The Hall–Kier alpha value is -2.65. The van der Waals surface area contributed by atoms with Crippen molar-refractivity contribution < 1.29 is 43.5 Å². The number of ether oxygens (including phenoxy) is 4. The first kappa shape index (κ1) is 20.7. The quantitative estimate of drug-likeness (QED) is 0.556. The number of benzene rings is 1. The third-order valence-corrected chi connectivity index (χ3v) is 3.91. The van der Waals surface area contributed by atoms with E-state index in [1.807, 2.05) is 0 Å². The molecule has 1 fully saturated rings. The Bertz CT molecular complexity index is 702. The fourth-order valence-electron chi connectivity index (χ4n) is 2.88. The molecule has 0 bridgehead atoms. The minimum absolute atomic E-state index is 0.0515. The molecule has 1 unspecified atom stereocenters. The van der Waals surface area contributed by atoms with Crippen molar-refractivity contribution in [2.75, 3.05) is 6.61 Å². The number of phenols is 1. The number of aliphatic hydroxyl groups excluding tert-OH is 1. The van der Waals surface area contributed by atoms with Crippen LogP contribution in [0.3, 0.4) is 0 Å². The molecule has 148 valence electrons. The van der Waals surface area contributed by atoms with E-state index in [9.17, 15) is 24.6 Å². The number of esters is 3. The molecule has 0 spiro atoms. The molecular formula is C18H22O9. The van der Waals surface area contributed by atoms with E-state index in [4.69, 9.17) is 18.9 Å². The van der Waals surface area contributed by atoms with Crippen LogP contribution in [0.15, 0.2) is 24.3 Å². The molecule has 0 aromatic heterocycles. The Morgan fingerprint density at radius 2 is 1.67 bits per heavy atom. The van der Waals surface area contributed by atoms with Gasteiger partial charge in [0.2, 0.25) is 0 Å². The van der Waals surface area contributed by atoms with Gasteiger partial charge in [-0.25, -0.2) is 0 Å². The lowest BCUT2D eigenvalue weighted by atomic mass is 9.90. The van der Waals surface area contributed by atoms with E-state index in [-0.39, 0.29) is 12.4 Å². The van der Waals surface area contributed by atoms with Gasteiger partial charge in [0.15, 0.2) is 12.2 Å². The molecule has 27 heavy (non-hydrogen) atoms. The summed E-state index contributed by atoms with van der Waals surface area (Å²) in [4.78, 5) is 34.2. The number of carbonyl (C=O) groups is 3. The molecule has 9 nitrogen and oxygen atoms in total. The second-order valence-electron chi connectivity index (χ2n) is 6.13. The van der Waals surface area contributed by atoms with Crippen molar-refractivity contribution in [3.63, 3.8) is 0 Å². The Morgan fingerprint density at radius 1 is 1.04 bits per heavy atom. The lowest BCUT2D eigenvalue weighted by molar-refractivity contribution is -0.249. The molecule has 1 aromatic rings. The number of phenolic OH excluding ortho intramolecular Hbond substituents is 1. The first-order valence-electron chi connectivity index (χ1n) is 8.29. The van der Waals surface area contributed by atoms with Crippen LogP contribution in [0.25, 0.3) is 0 Å². The van der Waals surface area contributed by atoms with Crippen LogP contribution >= 0.6 is 0 Å². The van der Waals surface area contributed by atoms with Gasteiger partial charge in [0.05, 0.1) is 0 Å². The van der Waals surface area contributed by atoms with Crippen LogP contribution in [0, 0.1) is 0 Å². The highest BCUT2D eigenvalue weighted by Crippen LogP contribution is 2.37. The third kappa shape index (κ3) is 5.41. The monoisotopic (exact) mass is 382 g/mol. The van der Waals surface area contributed by atoms with Gasteiger partial charge in [-0.05, 0) is 17.7 Å². The van der Waals surface area contributed by atoms with Gasteiger partial charge in [0.25, 0.3) is 0 Å². The Balaban J connectivity index is 2.41. The smallest absolute Gasteiger partial charge is 0.303 e. The van der Waals surface area contributed by atoms with Gasteiger partial charge in [-0.2, -0.15) is 0 Å². The average Bonchev–Trinajstić information content (AvgIpc) is 2.56. The lowest BCUT2D eigenvalue weighted by Gasteiger charge is -2.43. The number of rotatable bonds is 5. The van der Waals surface area contributed by atoms with Crippen LogP contribution in [0.5, 0.6) is 5.75 Å². The minimum Gasteiger partial charge on any atom is -0.508 e. The molecule has 1 aliphatic rings. The van der Waals surface area contributed by atoms with Crippen molar-refractivity contribution in [2.45, 2.75) is 51.3 Å². The molecule has 5 atom stereocenters. The minimum atomic E-state index is -1.41. The molecule has 1 heterocycles. The summed E-state index contributed by atoms with van der Waals surface area (Å²) >= 11 is 0. The van der Waals surface area contributed by atoms with Crippen molar-refractivity contribution in [2.24, 2.45) is 0 Å². The summed E-state index contributed by atoms with van der Waals surface area (Å²) in [6, 6.07) is 6.02. The average molecular weight is 382 g/mol. The van der Waals surface area contributed by atoms with Crippen LogP contribution in [-0.4, -0.2) is 59.1 Å². The predicted octanol–water partition coefficient (Wildman–Crippen LogP) is 0.619. The fourth-order valence-corrected chi connectivity index (χ4v) is 2.88. The second kappa shape index (κ2) is 8.83. The van der Waals surface area contributed by atoms with Crippen molar-refractivity contribution in [1.29, 1.82) is 0 Å². The summed E-state index contributed by atoms with van der Waals surface area (Å²) in [6.45, 7) is 3.22. The molecule has 9 heteroatoms. The molecule has 1 saturated heterocycles. The molecule has 0 saturated carbocycles. The number of hydrogen-bond donors (Lipinski definition) is 2. The summed E-state index contributed by atoms with van der Waals surface area (Å²) in [5, 5.41) is 20.3. The van der Waals surface area contributed by atoms with Gasteiger partial charge >= 0.3 is 17.9 Å². The molecule has 1 aliphatic heterocycles. The van der Waals surface area contributed by atoms with Crippen LogP contribution in [0.1, 0.15) is 32.4 Å². The van der Waals surface area contributed by atoms with E-state index >= 15 is 0 Å². The highest BCUT2D eigenvalue weighted by molar-refractivity contribution is 5.67. The first-order valence-corrected chi connectivity index (χ1v) is 8.29. The highest BCUT2D eigenvalue weighted by Gasteiger charge is 2.50. The summed E-state index contributed by atoms with van der Waals surface area (Å²) in [7, 11) is 0. The molecule has 1 aromatic carbocycles. The maximum absolute atomic E-state index is 11.6. The summed E-state index contributed by atoms with van der Waals surface area (Å²) in [6.07, 6.45) is -5.86. The number of hydrogen-bond acceptors (Lipinski definition) is 9. The number of aliphatic hydroxyl groups is 1. The van der Waals surface area contributed by atoms with Crippen LogP contribution in [-0.2, 0) is 33.3 Å². The zero-order chi connectivity index (χ0) is 20.1. The van der Waals surface area contributed by atoms with E-state index in [0.29, 0.717) is 5.56 Å². The summed E-state index contributed by atoms with van der Waals surface area (Å²) < 4.78 is 21.2. The molecule has 0 aliphatic carbocycles. The van der Waals surface area contributed by atoms with E-state index < -0.39 is 48.4 Å². The van der Waals surface area contributed by atoms with Crippen LogP contribution in [0.2, 0.25) is 0 Å². The van der Waals surface area contributed by atoms with Crippen LogP contribution < -0.4 is 0 Å². The van der Waals surface area contributed by atoms with Gasteiger partial charge in [0.1, 0.15) is 30.7 Å². The van der Waals surface area contributed by atoms with Crippen molar-refractivity contribution in [3.05, 3.63) is 29.8 Å². The first-order chi connectivity index (χ1) is 12.7. The summed E-state index contributed by atoms with van der Waals surface area (Å²) in [5.74, 6) is -1.99. The zero-order valence-corrected chi connectivity index (χ0v) is 15.2. The van der Waals surface area contributed by atoms with E-state index in [1.165, 1.54) is 26.0 Å². The maximum atomic E-state index is 11.6. The molecular weight excluding hydrogens is 360 g/mol. The van der Waals surface area contributed by atoms with E-state index in [1.54, 1.807) is 12.1 Å². The maximum Gasteiger partial charge on any atom is 0.303 e. The predicted molar refractivity (Wildman–Crippen MR) is 89.5 cm³/mol. The standard InChI is InChI=1S/C18H22O9/c1-9(19)24-8-14-15(23)17(25-10(2)20)18(26-11(3)21)16(27-14)12-5-4-6-13(22)7-12/h4-7,14-18,22-23H,8H2,1-3H3/t14-,15-,16-,17?,18-/m1/s1. The zero-order valence-electron chi connectivity index (χ0n) is 15.2. The normalized spacial score (nSPS) is 27.5. The van der Waals surface area contributed by atoms with Gasteiger partial charge in [-0.15, -0.1) is 0 Å². The second-order valence-corrected chi connectivity index (χ2v) is 6.13. The Morgan fingerprint density at radius 3 is 2.22 bits per heavy atom. The number of aromatic hydroxyl groups is 1. The fraction of sp³-hybridized carbons (Fsp3) is 0.500. The summed E-state index contributed by atoms with van der Waals surface area (Å²) in [5.41, 5.74) is 0.429. The molecule has 0 amide bonds. The van der Waals surface area contributed by atoms with Gasteiger partial charge in [0, 0.05) is 20.8 Å². The molecule has 2 N–H and O–H groups in total.